The summed E-state index contributed by atoms with van der Waals surface area (Å²) < 4.78 is 17.0. The van der Waals surface area contributed by atoms with Gasteiger partial charge in [0.05, 0.1) is 25.9 Å². The molecule has 0 bridgehead atoms. The number of aryl methyl sites for hydroxylation is 2. The van der Waals surface area contributed by atoms with Gasteiger partial charge in [-0.1, -0.05) is 12.1 Å². The van der Waals surface area contributed by atoms with Crippen LogP contribution >= 0.6 is 0 Å². The lowest BCUT2D eigenvalue weighted by atomic mass is 9.96. The molecule has 0 spiro atoms. The molecule has 1 aromatic heterocycles. The largest absolute Gasteiger partial charge is 0.464 e. The maximum Gasteiger partial charge on any atom is 0.227 e. The second-order valence-electron chi connectivity index (χ2n) is 7.17. The molecule has 25 heavy (non-hydrogen) atoms. The van der Waals surface area contributed by atoms with Crippen LogP contribution in [0, 0.1) is 19.8 Å². The summed E-state index contributed by atoms with van der Waals surface area (Å²) in [6.07, 6.45) is 4.04. The molecule has 1 unspecified atom stereocenters. The smallest absolute Gasteiger partial charge is 0.227 e. The first-order valence-electron chi connectivity index (χ1n) is 9.11. The van der Waals surface area contributed by atoms with E-state index in [0.29, 0.717) is 19.6 Å². The maximum atomic E-state index is 12.8. The summed E-state index contributed by atoms with van der Waals surface area (Å²) in [6, 6.07) is 4.15. The summed E-state index contributed by atoms with van der Waals surface area (Å²) in [4.78, 5) is 14.8. The highest BCUT2D eigenvalue weighted by Gasteiger charge is 2.32. The Labute approximate surface area is 147 Å². The van der Waals surface area contributed by atoms with E-state index in [1.54, 1.807) is 6.26 Å². The van der Waals surface area contributed by atoms with E-state index in [9.17, 15) is 4.79 Å². The molecule has 0 aliphatic carbocycles. The highest BCUT2D eigenvalue weighted by molar-refractivity contribution is 5.89. The Bertz CT molecular complexity index is 775. The van der Waals surface area contributed by atoms with Crippen molar-refractivity contribution in [3.63, 3.8) is 0 Å². The van der Waals surface area contributed by atoms with E-state index in [0.717, 1.165) is 48.0 Å². The van der Waals surface area contributed by atoms with Gasteiger partial charge < -0.3 is 18.8 Å². The SMILES string of the molecule is Cc1ccc2c(CC(=O)N3CCCC(C4OCCO4)C3)coc2c1C. The average Bonchev–Trinajstić information content (AvgIpc) is 3.29. The van der Waals surface area contributed by atoms with Crippen molar-refractivity contribution in [3.8, 4) is 0 Å². The Kier molecular flexibility index (Phi) is 4.52. The quantitative estimate of drug-likeness (QED) is 0.859. The lowest BCUT2D eigenvalue weighted by Crippen LogP contribution is -2.44. The van der Waals surface area contributed by atoms with E-state index in [1.165, 1.54) is 5.56 Å². The third-order valence-corrected chi connectivity index (χ3v) is 5.53. The van der Waals surface area contributed by atoms with Crippen molar-refractivity contribution in [1.82, 2.24) is 4.90 Å². The minimum Gasteiger partial charge on any atom is -0.464 e. The number of likely N-dealkylation sites (tertiary alicyclic amines) is 1. The molecule has 2 aliphatic rings. The van der Waals surface area contributed by atoms with Crippen molar-refractivity contribution in [2.75, 3.05) is 26.3 Å². The molecule has 0 radical (unpaired) electrons. The van der Waals surface area contributed by atoms with Crippen molar-refractivity contribution < 1.29 is 18.7 Å². The number of fused-ring (bicyclic) bond motifs is 1. The normalized spacial score (nSPS) is 22.0. The first-order chi connectivity index (χ1) is 12.1. The zero-order valence-corrected chi connectivity index (χ0v) is 14.9. The van der Waals surface area contributed by atoms with Gasteiger partial charge in [0.1, 0.15) is 5.58 Å². The fraction of sp³-hybridized carbons (Fsp3) is 0.550. The van der Waals surface area contributed by atoms with Gasteiger partial charge in [-0.2, -0.15) is 0 Å². The van der Waals surface area contributed by atoms with Crippen LogP contribution in [0.25, 0.3) is 11.0 Å². The molecular weight excluding hydrogens is 318 g/mol. The number of benzene rings is 1. The zero-order chi connectivity index (χ0) is 17.4. The topological polar surface area (TPSA) is 51.9 Å². The van der Waals surface area contributed by atoms with Gasteiger partial charge in [0.2, 0.25) is 5.91 Å². The molecule has 3 heterocycles. The van der Waals surface area contributed by atoms with Gasteiger partial charge >= 0.3 is 0 Å². The highest BCUT2D eigenvalue weighted by atomic mass is 16.7. The predicted octanol–water partition coefficient (Wildman–Crippen LogP) is 3.20. The van der Waals surface area contributed by atoms with E-state index in [4.69, 9.17) is 13.9 Å². The zero-order valence-electron chi connectivity index (χ0n) is 14.9. The van der Waals surface area contributed by atoms with Gasteiger partial charge in [-0.15, -0.1) is 0 Å². The molecule has 1 amide bonds. The lowest BCUT2D eigenvalue weighted by molar-refractivity contribution is -0.138. The van der Waals surface area contributed by atoms with E-state index in [2.05, 4.69) is 26.0 Å². The molecule has 2 aromatic rings. The summed E-state index contributed by atoms with van der Waals surface area (Å²) >= 11 is 0. The Morgan fingerprint density at radius 1 is 1.24 bits per heavy atom. The van der Waals surface area contributed by atoms with E-state index in [-0.39, 0.29) is 18.1 Å². The van der Waals surface area contributed by atoms with Gasteiger partial charge in [-0.3, -0.25) is 4.79 Å². The van der Waals surface area contributed by atoms with Crippen LogP contribution in [0.2, 0.25) is 0 Å². The Morgan fingerprint density at radius 2 is 2.04 bits per heavy atom. The van der Waals surface area contributed by atoms with Gasteiger partial charge in [0, 0.05) is 30.0 Å². The minimum atomic E-state index is -0.143. The molecule has 2 fully saturated rings. The minimum absolute atomic E-state index is 0.143. The number of hydrogen-bond acceptors (Lipinski definition) is 4. The standard InChI is InChI=1S/C20H25NO4/c1-13-5-6-17-16(12-25-19(17)14(13)2)10-18(22)21-7-3-4-15(11-21)20-23-8-9-24-20/h5-6,12,15,20H,3-4,7-11H2,1-2H3. The first-order valence-corrected chi connectivity index (χ1v) is 9.11. The number of carbonyl (C=O) groups is 1. The lowest BCUT2D eigenvalue weighted by Gasteiger charge is -2.34. The Morgan fingerprint density at radius 3 is 2.84 bits per heavy atom. The number of hydrogen-bond donors (Lipinski definition) is 0. The number of amides is 1. The number of nitrogens with zero attached hydrogens (tertiary/aromatic N) is 1. The Balaban J connectivity index is 1.47. The summed E-state index contributed by atoms with van der Waals surface area (Å²) in [5.74, 6) is 0.440. The number of rotatable bonds is 3. The van der Waals surface area contributed by atoms with Gasteiger partial charge in [-0.25, -0.2) is 0 Å². The van der Waals surface area contributed by atoms with Gasteiger partial charge in [0.15, 0.2) is 6.29 Å². The van der Waals surface area contributed by atoms with Gasteiger partial charge in [-0.05, 0) is 37.8 Å². The third kappa shape index (κ3) is 3.18. The van der Waals surface area contributed by atoms with Crippen LogP contribution in [0.4, 0.5) is 0 Å². The highest BCUT2D eigenvalue weighted by Crippen LogP contribution is 2.28. The molecule has 5 nitrogen and oxygen atoms in total. The summed E-state index contributed by atoms with van der Waals surface area (Å²) in [6.45, 7) is 6.99. The summed E-state index contributed by atoms with van der Waals surface area (Å²) in [5.41, 5.74) is 4.21. The average molecular weight is 343 g/mol. The molecule has 1 atom stereocenters. The van der Waals surface area contributed by atoms with Crippen LogP contribution in [-0.2, 0) is 20.7 Å². The Hall–Kier alpha value is -1.85. The van der Waals surface area contributed by atoms with E-state index < -0.39 is 0 Å². The maximum absolute atomic E-state index is 12.8. The van der Waals surface area contributed by atoms with Gasteiger partial charge in [0.25, 0.3) is 0 Å². The first kappa shape index (κ1) is 16.6. The molecule has 134 valence electrons. The van der Waals surface area contributed by atoms with E-state index in [1.807, 2.05) is 4.90 Å². The monoisotopic (exact) mass is 343 g/mol. The fourth-order valence-corrected chi connectivity index (χ4v) is 3.91. The fourth-order valence-electron chi connectivity index (χ4n) is 3.91. The molecular formula is C20H25NO4. The molecule has 2 aliphatic heterocycles. The molecule has 5 heteroatoms. The number of piperidine rings is 1. The molecule has 0 saturated carbocycles. The number of ether oxygens (including phenoxy) is 2. The molecule has 0 N–H and O–H groups in total. The van der Waals surface area contributed by atoms with E-state index >= 15 is 0 Å². The summed E-state index contributed by atoms with van der Waals surface area (Å²) in [5, 5.41) is 1.05. The molecule has 2 saturated heterocycles. The predicted molar refractivity (Wildman–Crippen MR) is 94.4 cm³/mol. The van der Waals surface area contributed by atoms with Crippen molar-refractivity contribution in [2.24, 2.45) is 5.92 Å². The third-order valence-electron chi connectivity index (χ3n) is 5.53. The number of carbonyl (C=O) groups excluding carboxylic acids is 1. The van der Waals surface area contributed by atoms with Crippen molar-refractivity contribution in [3.05, 3.63) is 35.1 Å². The van der Waals surface area contributed by atoms with Crippen LogP contribution in [0.5, 0.6) is 0 Å². The van der Waals surface area contributed by atoms with Crippen molar-refractivity contribution in [1.29, 1.82) is 0 Å². The molecule has 1 aromatic carbocycles. The van der Waals surface area contributed by atoms with Crippen LogP contribution in [-0.4, -0.2) is 43.4 Å². The second-order valence-corrected chi connectivity index (χ2v) is 7.17. The second kappa shape index (κ2) is 6.81. The number of furan rings is 1. The van der Waals surface area contributed by atoms with Crippen LogP contribution in [0.15, 0.2) is 22.8 Å². The summed E-state index contributed by atoms with van der Waals surface area (Å²) in [7, 11) is 0. The molecule has 4 rings (SSSR count). The van der Waals surface area contributed by atoms with Crippen LogP contribution in [0.1, 0.15) is 29.5 Å². The van der Waals surface area contributed by atoms with Crippen LogP contribution < -0.4 is 0 Å². The van der Waals surface area contributed by atoms with Crippen molar-refractivity contribution in [2.45, 2.75) is 39.4 Å². The van der Waals surface area contributed by atoms with Crippen LogP contribution in [0.3, 0.4) is 0 Å². The van der Waals surface area contributed by atoms with Crippen molar-refractivity contribution >= 4 is 16.9 Å².